The molecule has 1 amide bonds. The number of hydrogen-bond acceptors (Lipinski definition) is 4. The van der Waals surface area contributed by atoms with Crippen LogP contribution < -0.4 is 9.04 Å². The number of carbonyl (C=O) groups is 1. The SMILES string of the molecule is COc1ccc(N(C)S(=O)(=O)c2cccc(C(=O)N(C)C(C)c3ccc(F)c(F)c3)c2)cc1. The number of methoxy groups -OCH3 is 1. The minimum Gasteiger partial charge on any atom is -0.497 e. The first-order valence-electron chi connectivity index (χ1n) is 10.0. The van der Waals surface area contributed by atoms with E-state index in [1.807, 2.05) is 0 Å². The van der Waals surface area contributed by atoms with Crippen LogP contribution in [-0.2, 0) is 10.0 Å². The van der Waals surface area contributed by atoms with Crippen LogP contribution in [0.5, 0.6) is 5.75 Å². The smallest absolute Gasteiger partial charge is 0.264 e. The van der Waals surface area contributed by atoms with Gasteiger partial charge in [-0.25, -0.2) is 17.2 Å². The Morgan fingerprint density at radius 1 is 0.939 bits per heavy atom. The van der Waals surface area contributed by atoms with Gasteiger partial charge in [0.2, 0.25) is 0 Å². The minimum atomic E-state index is -3.95. The van der Waals surface area contributed by atoms with Gasteiger partial charge < -0.3 is 9.64 Å². The Labute approximate surface area is 192 Å². The number of rotatable bonds is 7. The molecule has 0 heterocycles. The molecule has 0 bridgehead atoms. The van der Waals surface area contributed by atoms with Crippen LogP contribution in [0.25, 0.3) is 0 Å². The number of nitrogens with zero attached hydrogens (tertiary/aromatic N) is 2. The molecular weight excluding hydrogens is 450 g/mol. The minimum absolute atomic E-state index is 0.0550. The van der Waals surface area contributed by atoms with E-state index in [2.05, 4.69) is 0 Å². The summed E-state index contributed by atoms with van der Waals surface area (Å²) in [4.78, 5) is 14.3. The Morgan fingerprint density at radius 2 is 1.61 bits per heavy atom. The maximum Gasteiger partial charge on any atom is 0.264 e. The third-order valence-corrected chi connectivity index (χ3v) is 7.28. The van der Waals surface area contributed by atoms with Gasteiger partial charge >= 0.3 is 0 Å². The van der Waals surface area contributed by atoms with Gasteiger partial charge in [-0.1, -0.05) is 12.1 Å². The van der Waals surface area contributed by atoms with Crippen molar-refractivity contribution in [1.29, 1.82) is 0 Å². The Hall–Kier alpha value is -3.46. The largest absolute Gasteiger partial charge is 0.497 e. The van der Waals surface area contributed by atoms with Gasteiger partial charge in [0.25, 0.3) is 15.9 Å². The van der Waals surface area contributed by atoms with E-state index in [0.29, 0.717) is 17.0 Å². The molecule has 1 atom stereocenters. The molecule has 0 aliphatic carbocycles. The van der Waals surface area contributed by atoms with E-state index >= 15 is 0 Å². The van der Waals surface area contributed by atoms with Gasteiger partial charge in [0.15, 0.2) is 11.6 Å². The lowest BCUT2D eigenvalue weighted by molar-refractivity contribution is 0.0742. The van der Waals surface area contributed by atoms with Crippen molar-refractivity contribution in [2.45, 2.75) is 17.9 Å². The molecule has 0 spiro atoms. The lowest BCUT2D eigenvalue weighted by Gasteiger charge is -2.26. The lowest BCUT2D eigenvalue weighted by atomic mass is 10.1. The Morgan fingerprint density at radius 3 is 2.21 bits per heavy atom. The molecule has 0 aliphatic rings. The quantitative estimate of drug-likeness (QED) is 0.501. The maximum absolute atomic E-state index is 13.6. The predicted molar refractivity (Wildman–Crippen MR) is 122 cm³/mol. The molecule has 6 nitrogen and oxygen atoms in total. The fourth-order valence-corrected chi connectivity index (χ4v) is 4.50. The van der Waals surface area contributed by atoms with Gasteiger partial charge in [-0.05, 0) is 67.1 Å². The predicted octanol–water partition coefficient (Wildman–Crippen LogP) is 4.63. The molecule has 33 heavy (non-hydrogen) atoms. The normalized spacial score (nSPS) is 12.2. The summed E-state index contributed by atoms with van der Waals surface area (Å²) in [6, 6.07) is 15.1. The van der Waals surface area contributed by atoms with Crippen molar-refractivity contribution >= 4 is 21.6 Å². The molecule has 0 saturated carbocycles. The summed E-state index contributed by atoms with van der Waals surface area (Å²) in [6.45, 7) is 1.67. The second-order valence-electron chi connectivity index (χ2n) is 7.46. The summed E-state index contributed by atoms with van der Waals surface area (Å²) in [6.07, 6.45) is 0. The van der Waals surface area contributed by atoms with E-state index in [0.717, 1.165) is 16.4 Å². The second kappa shape index (κ2) is 9.58. The second-order valence-corrected chi connectivity index (χ2v) is 9.43. The van der Waals surface area contributed by atoms with E-state index in [4.69, 9.17) is 4.74 Å². The zero-order valence-electron chi connectivity index (χ0n) is 18.6. The summed E-state index contributed by atoms with van der Waals surface area (Å²) >= 11 is 0. The highest BCUT2D eigenvalue weighted by molar-refractivity contribution is 7.92. The molecule has 0 aromatic heterocycles. The lowest BCUT2D eigenvalue weighted by Crippen LogP contribution is -2.30. The van der Waals surface area contributed by atoms with Crippen LogP contribution in [-0.4, -0.2) is 40.4 Å². The van der Waals surface area contributed by atoms with Crippen LogP contribution in [0.1, 0.15) is 28.9 Å². The summed E-state index contributed by atoms with van der Waals surface area (Å²) in [5.74, 6) is -1.85. The number of ether oxygens (including phenoxy) is 1. The Bertz CT molecular complexity index is 1260. The van der Waals surface area contributed by atoms with Crippen LogP contribution >= 0.6 is 0 Å². The number of halogens is 2. The summed E-state index contributed by atoms with van der Waals surface area (Å²) < 4.78 is 59.4. The molecule has 0 aliphatic heterocycles. The van der Waals surface area contributed by atoms with Crippen molar-refractivity contribution in [2.24, 2.45) is 0 Å². The summed E-state index contributed by atoms with van der Waals surface area (Å²) in [7, 11) is 0.503. The van der Waals surface area contributed by atoms with Crippen molar-refractivity contribution < 1.29 is 26.7 Å². The molecule has 3 rings (SSSR count). The number of carbonyl (C=O) groups excluding carboxylic acids is 1. The van der Waals surface area contributed by atoms with Gasteiger partial charge in [0.1, 0.15) is 5.75 Å². The number of anilines is 1. The summed E-state index contributed by atoms with van der Waals surface area (Å²) in [5, 5.41) is 0. The van der Waals surface area contributed by atoms with Gasteiger partial charge in [0, 0.05) is 19.7 Å². The highest BCUT2D eigenvalue weighted by Crippen LogP contribution is 2.26. The van der Waals surface area contributed by atoms with Crippen molar-refractivity contribution in [3.8, 4) is 5.75 Å². The van der Waals surface area contributed by atoms with Crippen molar-refractivity contribution in [3.63, 3.8) is 0 Å². The van der Waals surface area contributed by atoms with E-state index < -0.39 is 33.6 Å². The highest BCUT2D eigenvalue weighted by Gasteiger charge is 2.25. The molecule has 9 heteroatoms. The average Bonchev–Trinajstić information content (AvgIpc) is 2.84. The monoisotopic (exact) mass is 474 g/mol. The number of benzene rings is 3. The third kappa shape index (κ3) is 4.98. The van der Waals surface area contributed by atoms with E-state index in [9.17, 15) is 22.0 Å². The van der Waals surface area contributed by atoms with Crippen LogP contribution in [0.15, 0.2) is 71.6 Å². The van der Waals surface area contributed by atoms with E-state index in [1.54, 1.807) is 31.2 Å². The molecule has 0 fully saturated rings. The average molecular weight is 475 g/mol. The zero-order valence-corrected chi connectivity index (χ0v) is 19.4. The molecule has 3 aromatic carbocycles. The van der Waals surface area contributed by atoms with Gasteiger partial charge in [-0.15, -0.1) is 0 Å². The summed E-state index contributed by atoms with van der Waals surface area (Å²) in [5.41, 5.74) is 0.987. The first-order valence-corrected chi connectivity index (χ1v) is 11.5. The van der Waals surface area contributed by atoms with E-state index in [-0.39, 0.29) is 10.5 Å². The van der Waals surface area contributed by atoms with Gasteiger partial charge in [-0.3, -0.25) is 9.10 Å². The molecule has 174 valence electrons. The van der Waals surface area contributed by atoms with Crippen molar-refractivity contribution in [2.75, 3.05) is 25.5 Å². The van der Waals surface area contributed by atoms with Gasteiger partial charge in [0.05, 0.1) is 23.7 Å². The standard InChI is InChI=1S/C24H24F2N2O4S/c1-16(17-8-13-22(25)23(26)15-17)27(2)24(29)18-6-5-7-21(14-18)33(30,31)28(3)19-9-11-20(32-4)12-10-19/h5-16H,1-4H3. The maximum atomic E-state index is 13.6. The number of hydrogen-bond donors (Lipinski definition) is 0. The molecular formula is C24H24F2N2O4S. The Balaban J connectivity index is 1.86. The van der Waals surface area contributed by atoms with Crippen LogP contribution in [0.2, 0.25) is 0 Å². The third-order valence-electron chi connectivity index (χ3n) is 5.50. The van der Waals surface area contributed by atoms with Crippen molar-refractivity contribution in [3.05, 3.63) is 89.5 Å². The first-order chi connectivity index (χ1) is 15.6. The van der Waals surface area contributed by atoms with Crippen LogP contribution in [0, 0.1) is 11.6 Å². The fourth-order valence-electron chi connectivity index (χ4n) is 3.25. The molecule has 0 saturated heterocycles. The highest BCUT2D eigenvalue weighted by atomic mass is 32.2. The Kier molecular flexibility index (Phi) is 7.02. The zero-order chi connectivity index (χ0) is 24.3. The van der Waals surface area contributed by atoms with Crippen LogP contribution in [0.4, 0.5) is 14.5 Å². The number of sulfonamides is 1. The van der Waals surface area contributed by atoms with Crippen molar-refractivity contribution in [1.82, 2.24) is 4.90 Å². The molecule has 1 unspecified atom stereocenters. The van der Waals surface area contributed by atoms with Gasteiger partial charge in [-0.2, -0.15) is 0 Å². The molecule has 3 aromatic rings. The molecule has 0 N–H and O–H groups in total. The topological polar surface area (TPSA) is 66.9 Å². The van der Waals surface area contributed by atoms with Crippen LogP contribution in [0.3, 0.4) is 0 Å². The first kappa shape index (κ1) is 24.2. The number of amides is 1. The fraction of sp³-hybridized carbons (Fsp3) is 0.208. The molecule has 0 radical (unpaired) electrons. The van der Waals surface area contributed by atoms with E-state index in [1.165, 1.54) is 56.4 Å².